The maximum Gasteiger partial charge on any atom is 0.417 e. The van der Waals surface area contributed by atoms with Gasteiger partial charge >= 0.3 is 6.18 Å². The van der Waals surface area contributed by atoms with Gasteiger partial charge in [0.15, 0.2) is 0 Å². The van der Waals surface area contributed by atoms with Gasteiger partial charge in [0.25, 0.3) is 0 Å². The minimum atomic E-state index is -4.59. The number of nitrogens with zero attached hydrogens (tertiary/aromatic N) is 2. The number of alkyl halides is 3. The highest BCUT2D eigenvalue weighted by Crippen LogP contribution is 2.45. The van der Waals surface area contributed by atoms with Crippen LogP contribution in [0.25, 0.3) is 0 Å². The number of nitrogens with one attached hydrogen (secondary N) is 2. The third kappa shape index (κ3) is 3.23. The molecule has 0 bridgehead atoms. The van der Waals surface area contributed by atoms with Crippen LogP contribution in [0.2, 0.25) is 0 Å². The van der Waals surface area contributed by atoms with Crippen molar-refractivity contribution in [3.8, 4) is 6.07 Å². The molecule has 2 aliphatic rings. The zero-order chi connectivity index (χ0) is 18.9. The Balaban J connectivity index is 1.95. The summed E-state index contributed by atoms with van der Waals surface area (Å²) in [6, 6.07) is 5.37. The highest BCUT2D eigenvalue weighted by Gasteiger charge is 2.50. The molecule has 0 radical (unpaired) electrons. The van der Waals surface area contributed by atoms with Gasteiger partial charge in [-0.25, -0.2) is 0 Å². The van der Waals surface area contributed by atoms with E-state index in [1.165, 1.54) is 12.1 Å². The number of anilines is 1. The third-order valence-electron chi connectivity index (χ3n) is 5.60. The Hall–Kier alpha value is -2.27. The molecule has 1 spiro atoms. The molecule has 3 rings (SSSR count). The summed E-state index contributed by atoms with van der Waals surface area (Å²) in [6.45, 7) is 2.50. The van der Waals surface area contributed by atoms with E-state index < -0.39 is 11.7 Å². The Bertz CT molecular complexity index is 735. The molecule has 5 nitrogen and oxygen atoms in total. The molecule has 1 amide bonds. The van der Waals surface area contributed by atoms with E-state index in [0.717, 1.165) is 32.0 Å². The number of hydrogen-bond acceptors (Lipinski definition) is 4. The Morgan fingerprint density at radius 1 is 1.38 bits per heavy atom. The molecule has 0 aromatic heterocycles. The molecule has 1 atom stereocenters. The summed E-state index contributed by atoms with van der Waals surface area (Å²) in [5.74, 6) is -0.335. The predicted octanol–water partition coefficient (Wildman–Crippen LogP) is 2.13. The highest BCUT2D eigenvalue weighted by atomic mass is 19.4. The largest absolute Gasteiger partial charge is 0.417 e. The standard InChI is InChI=1S/C18H21F3N4O/c1-23-16(26)15-10-25(11-17(15)4-6-24-7-5-17)13-3-2-12(9-22)14(8-13)18(19,20)21/h2-3,8,15,24H,4-7,10-11H2,1H3,(H,23,26). The van der Waals surface area contributed by atoms with Gasteiger partial charge in [0.2, 0.25) is 5.91 Å². The summed E-state index contributed by atoms with van der Waals surface area (Å²) < 4.78 is 39.8. The van der Waals surface area contributed by atoms with Crippen LogP contribution in [0.3, 0.4) is 0 Å². The molecule has 0 aliphatic carbocycles. The van der Waals surface area contributed by atoms with Crippen molar-refractivity contribution in [3.05, 3.63) is 29.3 Å². The zero-order valence-corrected chi connectivity index (χ0v) is 14.5. The summed E-state index contributed by atoms with van der Waals surface area (Å²) in [6.07, 6.45) is -2.97. The topological polar surface area (TPSA) is 68.2 Å². The van der Waals surface area contributed by atoms with E-state index in [4.69, 9.17) is 5.26 Å². The minimum Gasteiger partial charge on any atom is -0.370 e. The molecule has 1 aromatic rings. The first kappa shape index (κ1) is 18.5. The Labute approximate surface area is 150 Å². The fourth-order valence-corrected chi connectivity index (χ4v) is 4.19. The molecule has 1 aromatic carbocycles. The molecule has 0 saturated carbocycles. The fourth-order valence-electron chi connectivity index (χ4n) is 4.19. The number of hydrogen-bond donors (Lipinski definition) is 2. The number of rotatable bonds is 2. The van der Waals surface area contributed by atoms with E-state index in [1.54, 1.807) is 13.1 Å². The molecule has 2 N–H and O–H groups in total. The first-order valence-electron chi connectivity index (χ1n) is 8.59. The summed E-state index contributed by atoms with van der Waals surface area (Å²) in [7, 11) is 1.59. The van der Waals surface area contributed by atoms with Crippen molar-refractivity contribution >= 4 is 11.6 Å². The van der Waals surface area contributed by atoms with Crippen LogP contribution in [0, 0.1) is 22.7 Å². The first-order valence-corrected chi connectivity index (χ1v) is 8.59. The average molecular weight is 366 g/mol. The molecular formula is C18H21F3N4O. The summed E-state index contributed by atoms with van der Waals surface area (Å²) >= 11 is 0. The van der Waals surface area contributed by atoms with Gasteiger partial charge in [-0.2, -0.15) is 18.4 Å². The van der Waals surface area contributed by atoms with Gasteiger partial charge in [-0.15, -0.1) is 0 Å². The second kappa shape index (κ2) is 6.80. The Morgan fingerprint density at radius 2 is 2.08 bits per heavy atom. The van der Waals surface area contributed by atoms with Crippen LogP contribution in [0.15, 0.2) is 18.2 Å². The van der Waals surface area contributed by atoms with E-state index in [1.807, 2.05) is 4.90 Å². The smallest absolute Gasteiger partial charge is 0.370 e. The van der Waals surface area contributed by atoms with Crippen molar-refractivity contribution in [1.82, 2.24) is 10.6 Å². The molecule has 2 fully saturated rings. The van der Waals surface area contributed by atoms with Gasteiger partial charge in [0, 0.05) is 31.2 Å². The number of piperidine rings is 1. The SMILES string of the molecule is CNC(=O)C1CN(c2ccc(C#N)c(C(F)(F)F)c2)CC12CCNCC2. The summed E-state index contributed by atoms with van der Waals surface area (Å²) in [4.78, 5) is 14.3. The third-order valence-corrected chi connectivity index (χ3v) is 5.60. The van der Waals surface area contributed by atoms with Crippen molar-refractivity contribution < 1.29 is 18.0 Å². The average Bonchev–Trinajstić information content (AvgIpc) is 2.99. The van der Waals surface area contributed by atoms with Crippen LogP contribution < -0.4 is 15.5 Å². The van der Waals surface area contributed by atoms with Crippen molar-refractivity contribution in [1.29, 1.82) is 5.26 Å². The number of amides is 1. The lowest BCUT2D eigenvalue weighted by Gasteiger charge is -2.37. The minimum absolute atomic E-state index is 0.0703. The predicted molar refractivity (Wildman–Crippen MR) is 90.5 cm³/mol. The summed E-state index contributed by atoms with van der Waals surface area (Å²) in [5, 5.41) is 14.9. The lowest BCUT2D eigenvalue weighted by Crippen LogP contribution is -2.46. The van der Waals surface area contributed by atoms with Crippen LogP contribution in [0.4, 0.5) is 18.9 Å². The normalized spacial score (nSPS) is 22.3. The molecule has 2 heterocycles. The molecular weight excluding hydrogens is 345 g/mol. The van der Waals surface area contributed by atoms with Crippen molar-refractivity contribution in [2.45, 2.75) is 19.0 Å². The molecule has 26 heavy (non-hydrogen) atoms. The van der Waals surface area contributed by atoms with Crippen LogP contribution in [-0.4, -0.2) is 39.1 Å². The van der Waals surface area contributed by atoms with Gasteiger partial charge < -0.3 is 15.5 Å². The van der Waals surface area contributed by atoms with Gasteiger partial charge in [-0.3, -0.25) is 4.79 Å². The van der Waals surface area contributed by atoms with Crippen LogP contribution in [0.1, 0.15) is 24.0 Å². The van der Waals surface area contributed by atoms with Crippen molar-refractivity contribution in [2.24, 2.45) is 11.3 Å². The number of halogens is 3. The Kier molecular flexibility index (Phi) is 4.84. The maximum absolute atomic E-state index is 13.3. The lowest BCUT2D eigenvalue weighted by atomic mass is 9.71. The first-order chi connectivity index (χ1) is 12.3. The monoisotopic (exact) mass is 366 g/mol. The van der Waals surface area contributed by atoms with Gasteiger partial charge in [-0.1, -0.05) is 0 Å². The van der Waals surface area contributed by atoms with Crippen molar-refractivity contribution in [3.63, 3.8) is 0 Å². The van der Waals surface area contributed by atoms with Gasteiger partial charge in [-0.05, 0) is 44.1 Å². The van der Waals surface area contributed by atoms with Crippen LogP contribution >= 0.6 is 0 Å². The fraction of sp³-hybridized carbons (Fsp3) is 0.556. The van der Waals surface area contributed by atoms with E-state index in [-0.39, 0.29) is 22.8 Å². The highest BCUT2D eigenvalue weighted by molar-refractivity contribution is 5.81. The van der Waals surface area contributed by atoms with Gasteiger partial charge in [0.1, 0.15) is 0 Å². The second-order valence-corrected chi connectivity index (χ2v) is 7.00. The molecule has 2 aliphatic heterocycles. The molecule has 1 unspecified atom stereocenters. The number of benzene rings is 1. The van der Waals surface area contributed by atoms with Crippen LogP contribution in [-0.2, 0) is 11.0 Å². The number of carbonyl (C=O) groups excluding carboxylic acids is 1. The molecule has 2 saturated heterocycles. The quantitative estimate of drug-likeness (QED) is 0.842. The zero-order valence-electron chi connectivity index (χ0n) is 14.5. The van der Waals surface area contributed by atoms with Crippen molar-refractivity contribution in [2.75, 3.05) is 38.1 Å². The Morgan fingerprint density at radius 3 is 2.65 bits per heavy atom. The summed E-state index contributed by atoms with van der Waals surface area (Å²) in [5.41, 5.74) is -1.15. The molecule has 140 valence electrons. The second-order valence-electron chi connectivity index (χ2n) is 7.00. The number of carbonyl (C=O) groups is 1. The van der Waals surface area contributed by atoms with E-state index >= 15 is 0 Å². The maximum atomic E-state index is 13.3. The van der Waals surface area contributed by atoms with E-state index in [2.05, 4.69) is 10.6 Å². The van der Waals surface area contributed by atoms with E-state index in [0.29, 0.717) is 18.8 Å². The number of nitriles is 1. The van der Waals surface area contributed by atoms with Gasteiger partial charge in [0.05, 0.1) is 23.1 Å². The lowest BCUT2D eigenvalue weighted by molar-refractivity contribution is -0.137. The molecule has 8 heteroatoms. The van der Waals surface area contributed by atoms with E-state index in [9.17, 15) is 18.0 Å². The van der Waals surface area contributed by atoms with Crippen LogP contribution in [0.5, 0.6) is 0 Å².